The molecule has 0 aromatic rings. The molecule has 0 aromatic carbocycles. The van der Waals surface area contributed by atoms with Gasteiger partial charge in [0.05, 0.1) is 0 Å². The Hall–Kier alpha value is 1.09. The van der Waals surface area contributed by atoms with Crippen LogP contribution in [-0.4, -0.2) is 30.9 Å². The van der Waals surface area contributed by atoms with E-state index in [1.165, 1.54) is 0 Å². The summed E-state index contributed by atoms with van der Waals surface area (Å²) < 4.78 is 1.81. The van der Waals surface area contributed by atoms with Gasteiger partial charge in [-0.15, -0.1) is 0 Å². The van der Waals surface area contributed by atoms with Gasteiger partial charge in [0.15, 0.2) is 0 Å². The average molecular weight is 229 g/mol. The molecule has 1 aliphatic heterocycles. The summed E-state index contributed by atoms with van der Waals surface area (Å²) in [7, 11) is 0. The summed E-state index contributed by atoms with van der Waals surface area (Å²) in [6, 6.07) is 0. The second-order valence-electron chi connectivity index (χ2n) is 3.50. The summed E-state index contributed by atoms with van der Waals surface area (Å²) in [4.78, 5) is 0. The summed E-state index contributed by atoms with van der Waals surface area (Å²) in [5.74, 6) is 0. The normalized spacial score (nSPS) is 31.5. The second-order valence-corrected chi connectivity index (χ2v) is 19.4. The first kappa shape index (κ1) is 7.20. The summed E-state index contributed by atoms with van der Waals surface area (Å²) in [6.45, 7) is 9.83. The summed E-state index contributed by atoms with van der Waals surface area (Å²) in [5, 5.41) is 0. The molecule has 8 heavy (non-hydrogen) atoms. The predicted octanol–water partition coefficient (Wildman–Crippen LogP) is 1.72. The van der Waals surface area contributed by atoms with E-state index in [1.54, 1.807) is 0 Å². The van der Waals surface area contributed by atoms with Crippen LogP contribution in [0.2, 0.25) is 6.16 Å². The third-order valence-corrected chi connectivity index (χ3v) is 11.9. The van der Waals surface area contributed by atoms with Gasteiger partial charge in [0.25, 0.3) is 0 Å². The minimum absolute atomic E-state index is 0.431. The Morgan fingerprint density at radius 1 is 0.750 bits per heavy atom. The van der Waals surface area contributed by atoms with Crippen molar-refractivity contribution in [1.29, 1.82) is 0 Å². The maximum absolute atomic E-state index is 2.46. The molecule has 0 aromatic heterocycles. The van der Waals surface area contributed by atoms with E-state index in [0.717, 1.165) is 6.16 Å². The van der Waals surface area contributed by atoms with Crippen molar-refractivity contribution < 1.29 is 0 Å². The van der Waals surface area contributed by atoms with Gasteiger partial charge < -0.3 is 0 Å². The molecule has 1 fully saturated rings. The zero-order valence-electron chi connectivity index (χ0n) is 6.00. The summed E-state index contributed by atoms with van der Waals surface area (Å²) >= 11 is 0.861. The third-order valence-electron chi connectivity index (χ3n) is 1.25. The molecule has 44 valence electrons. The Balaban J connectivity index is 2.42. The van der Waals surface area contributed by atoms with Crippen molar-refractivity contribution >= 4 is 30.9 Å². The van der Waals surface area contributed by atoms with Crippen LogP contribution in [0.25, 0.3) is 0 Å². The van der Waals surface area contributed by atoms with E-state index in [4.69, 9.17) is 0 Å². The molecule has 0 saturated carbocycles. The van der Waals surface area contributed by atoms with Gasteiger partial charge in [0.2, 0.25) is 0 Å². The van der Waals surface area contributed by atoms with Gasteiger partial charge in [0.1, 0.15) is 0 Å². The Labute approximate surface area is 64.8 Å². The molecule has 1 heterocycles. The molecule has 0 unspecified atom stereocenters. The van der Waals surface area contributed by atoms with Crippen molar-refractivity contribution in [3.8, 4) is 0 Å². The molecule has 0 bridgehead atoms. The number of hydrogen-bond donors (Lipinski definition) is 0. The molecule has 1 rings (SSSR count). The van der Waals surface area contributed by atoms with Gasteiger partial charge in [-0.25, -0.2) is 0 Å². The summed E-state index contributed by atoms with van der Waals surface area (Å²) in [6.07, 6.45) is 0. The van der Waals surface area contributed by atoms with E-state index in [2.05, 4.69) is 27.7 Å². The first-order valence-electron chi connectivity index (χ1n) is 3.00. The van der Waals surface area contributed by atoms with Gasteiger partial charge in [-0.05, 0) is 0 Å². The SMILES string of the molecule is C[C]1(C)[Ge][C](C)(C)[Ge]1. The van der Waals surface area contributed by atoms with Crippen LogP contribution in [0.15, 0.2) is 0 Å². The van der Waals surface area contributed by atoms with Gasteiger partial charge >= 0.3 is 64.7 Å². The predicted molar refractivity (Wildman–Crippen MR) is 39.6 cm³/mol. The number of rotatable bonds is 0. The quantitative estimate of drug-likeness (QED) is 0.555. The molecular formula is C6H12Ge2. The molecule has 0 spiro atoms. The Kier molecular flexibility index (Phi) is 1.60. The molecule has 1 saturated heterocycles. The van der Waals surface area contributed by atoms with Gasteiger partial charge in [0, 0.05) is 0 Å². The maximum atomic E-state index is 2.46. The standard InChI is InChI=1S/C6H12Ge2/c1-5(2)7-6(3,4)8-5/h1-4H3. The first-order valence-corrected chi connectivity index (χ1v) is 7.20. The summed E-state index contributed by atoms with van der Waals surface area (Å²) in [5.41, 5.74) is 0. The van der Waals surface area contributed by atoms with E-state index in [0.29, 0.717) is 30.9 Å². The molecule has 0 aliphatic carbocycles. The third kappa shape index (κ3) is 1.53. The van der Waals surface area contributed by atoms with Crippen molar-refractivity contribution in [1.82, 2.24) is 0 Å². The molecule has 0 atom stereocenters. The van der Waals surface area contributed by atoms with Crippen LogP contribution >= 0.6 is 0 Å². The van der Waals surface area contributed by atoms with Crippen molar-refractivity contribution in [2.45, 2.75) is 33.9 Å². The van der Waals surface area contributed by atoms with Gasteiger partial charge in [-0.3, -0.25) is 0 Å². The van der Waals surface area contributed by atoms with Gasteiger partial charge in [-0.1, -0.05) is 0 Å². The first-order chi connectivity index (χ1) is 3.41. The zero-order chi connectivity index (χ0) is 6.41. The molecule has 0 amide bonds. The van der Waals surface area contributed by atoms with Crippen LogP contribution < -0.4 is 0 Å². The van der Waals surface area contributed by atoms with Crippen LogP contribution in [0.5, 0.6) is 0 Å². The molecule has 2 heteroatoms. The van der Waals surface area contributed by atoms with Crippen LogP contribution in [0.1, 0.15) is 27.7 Å². The van der Waals surface area contributed by atoms with E-state index in [9.17, 15) is 0 Å². The van der Waals surface area contributed by atoms with Crippen LogP contribution in [0.4, 0.5) is 0 Å². The molecule has 0 N–H and O–H groups in total. The van der Waals surface area contributed by atoms with Crippen LogP contribution in [0.3, 0.4) is 0 Å². The second kappa shape index (κ2) is 1.78. The van der Waals surface area contributed by atoms with Crippen molar-refractivity contribution in [3.05, 3.63) is 0 Å². The Bertz CT molecular complexity index is 83.1. The van der Waals surface area contributed by atoms with Crippen molar-refractivity contribution in [2.24, 2.45) is 0 Å². The fourth-order valence-electron chi connectivity index (χ4n) is 1.56. The fraction of sp³-hybridized carbons (Fsp3) is 1.00. The average Bonchev–Trinajstić information content (AvgIpc) is 1.20. The molecular weight excluding hydrogens is 217 g/mol. The van der Waals surface area contributed by atoms with E-state index in [-0.39, 0.29) is 0 Å². The zero-order valence-corrected chi connectivity index (χ0v) is 10.2. The molecule has 4 radical (unpaired) electrons. The Morgan fingerprint density at radius 3 is 1.00 bits per heavy atom. The van der Waals surface area contributed by atoms with Crippen molar-refractivity contribution in [3.63, 3.8) is 0 Å². The topological polar surface area (TPSA) is 0 Å². The fourth-order valence-corrected chi connectivity index (χ4v) is 20.4. The van der Waals surface area contributed by atoms with E-state index >= 15 is 0 Å². The number of hydrogen-bond acceptors (Lipinski definition) is 0. The molecule has 1 aliphatic rings. The van der Waals surface area contributed by atoms with E-state index in [1.807, 2.05) is 0 Å². The monoisotopic (exact) mass is 232 g/mol. The van der Waals surface area contributed by atoms with Crippen LogP contribution in [-0.2, 0) is 0 Å². The van der Waals surface area contributed by atoms with Crippen LogP contribution in [0, 0.1) is 0 Å². The van der Waals surface area contributed by atoms with E-state index < -0.39 is 0 Å². The molecule has 0 nitrogen and oxygen atoms in total. The van der Waals surface area contributed by atoms with Gasteiger partial charge in [-0.2, -0.15) is 0 Å². The Morgan fingerprint density at radius 2 is 1.00 bits per heavy atom. The van der Waals surface area contributed by atoms with Crippen molar-refractivity contribution in [2.75, 3.05) is 0 Å². The minimum atomic E-state index is 0.431.